The van der Waals surface area contributed by atoms with Crippen molar-refractivity contribution >= 4 is 30.0 Å². The van der Waals surface area contributed by atoms with Crippen LogP contribution in [0.15, 0.2) is 16.8 Å². The minimum Gasteiger partial charge on any atom is -0.478 e. The van der Waals surface area contributed by atoms with Gasteiger partial charge in [0.2, 0.25) is 17.6 Å². The van der Waals surface area contributed by atoms with Crippen LogP contribution in [-0.2, 0) is 33.3 Å². The fraction of sp³-hybridized carbons (Fsp3) is 0.720. The number of alkyl carbamates (subject to hydrolysis) is 2. The molecule has 5 N–H and O–H groups in total. The third-order valence-electron chi connectivity index (χ3n) is 5.15. The molecule has 5 atom stereocenters. The van der Waals surface area contributed by atoms with Crippen LogP contribution < -0.4 is 16.0 Å². The number of carbonyl (C=O) groups excluding carboxylic acids is 3. The van der Waals surface area contributed by atoms with Gasteiger partial charge >= 0.3 is 18.2 Å². The van der Waals surface area contributed by atoms with Gasteiger partial charge in [0.15, 0.2) is 5.79 Å². The molecule has 0 aromatic heterocycles. The van der Waals surface area contributed by atoms with Crippen molar-refractivity contribution in [3.05, 3.63) is 11.8 Å². The molecule has 2 aliphatic rings. The lowest BCUT2D eigenvalue weighted by atomic mass is 9.92. The minimum absolute atomic E-state index is 0.0352. The van der Waals surface area contributed by atoms with E-state index in [0.717, 1.165) is 6.08 Å². The molecule has 2 heterocycles. The number of aliphatic hydroxyl groups is 1. The molecular weight excluding hydrogens is 532 g/mol. The van der Waals surface area contributed by atoms with E-state index in [2.05, 4.69) is 20.9 Å². The van der Waals surface area contributed by atoms with Gasteiger partial charge in [-0.25, -0.2) is 19.4 Å². The van der Waals surface area contributed by atoms with Crippen LogP contribution in [0, 0.1) is 0 Å². The number of nitrogens with zero attached hydrogens (tertiary/aromatic N) is 1. The summed E-state index contributed by atoms with van der Waals surface area (Å²) in [6.45, 7) is 14.2. The van der Waals surface area contributed by atoms with Crippen molar-refractivity contribution in [2.45, 2.75) is 110 Å². The molecule has 226 valence electrons. The normalized spacial score (nSPS) is 24.9. The first-order valence-corrected chi connectivity index (χ1v) is 12.6. The molecule has 1 fully saturated rings. The number of aliphatic imine (C=N–C) groups is 1. The number of carboxylic acids is 1. The Hall–Kier alpha value is -3.43. The molecule has 0 aromatic rings. The van der Waals surface area contributed by atoms with Crippen LogP contribution in [0.2, 0.25) is 0 Å². The highest BCUT2D eigenvalue weighted by atomic mass is 16.7. The third-order valence-corrected chi connectivity index (χ3v) is 5.15. The van der Waals surface area contributed by atoms with E-state index in [1.165, 1.54) is 6.92 Å². The van der Waals surface area contributed by atoms with Crippen molar-refractivity contribution in [3.63, 3.8) is 0 Å². The highest BCUT2D eigenvalue weighted by Gasteiger charge is 2.48. The molecule has 15 heteroatoms. The van der Waals surface area contributed by atoms with E-state index >= 15 is 0 Å². The topological polar surface area (TPSA) is 203 Å². The van der Waals surface area contributed by atoms with Crippen molar-refractivity contribution in [2.24, 2.45) is 4.99 Å². The predicted octanol–water partition coefficient (Wildman–Crippen LogP) is 1.14. The average molecular weight is 573 g/mol. The number of aliphatic carboxylic acids is 1. The Balaban J connectivity index is 2.53. The third kappa shape index (κ3) is 10.3. The van der Waals surface area contributed by atoms with Gasteiger partial charge in [0.25, 0.3) is 0 Å². The van der Waals surface area contributed by atoms with Gasteiger partial charge in [-0.1, -0.05) is 0 Å². The minimum atomic E-state index is -1.49. The van der Waals surface area contributed by atoms with Gasteiger partial charge in [0.05, 0.1) is 18.7 Å². The van der Waals surface area contributed by atoms with Gasteiger partial charge in [0, 0.05) is 6.92 Å². The highest BCUT2D eigenvalue weighted by Crippen LogP contribution is 2.30. The van der Waals surface area contributed by atoms with E-state index in [9.17, 15) is 29.4 Å². The second-order valence-electron chi connectivity index (χ2n) is 11.7. The molecule has 0 saturated carbocycles. The van der Waals surface area contributed by atoms with Crippen molar-refractivity contribution in [1.29, 1.82) is 0 Å². The number of hydrogen-bond donors (Lipinski definition) is 5. The number of rotatable bonds is 5. The van der Waals surface area contributed by atoms with E-state index in [1.54, 1.807) is 55.4 Å². The number of hydrogen-bond acceptors (Lipinski definition) is 11. The molecule has 2 rings (SSSR count). The number of aliphatic hydroxyl groups excluding tert-OH is 1. The second-order valence-corrected chi connectivity index (χ2v) is 11.7. The fourth-order valence-electron chi connectivity index (χ4n) is 3.78. The van der Waals surface area contributed by atoms with E-state index in [-0.39, 0.29) is 6.61 Å². The molecular formula is C25H40N4O11. The summed E-state index contributed by atoms with van der Waals surface area (Å²) in [6, 6.07) is -2.46. The Morgan fingerprint density at radius 3 is 1.98 bits per heavy atom. The number of carboxylic acid groups (broad SMARTS) is 1. The predicted molar refractivity (Wildman–Crippen MR) is 139 cm³/mol. The zero-order valence-electron chi connectivity index (χ0n) is 24.2. The molecule has 0 aliphatic carbocycles. The molecule has 5 unspecified atom stereocenters. The van der Waals surface area contributed by atoms with Gasteiger partial charge in [-0.05, 0) is 61.5 Å². The molecule has 3 amide bonds. The first kappa shape index (κ1) is 32.8. The maximum atomic E-state index is 12.5. The Bertz CT molecular complexity index is 1010. The van der Waals surface area contributed by atoms with Crippen LogP contribution in [0.1, 0.15) is 62.3 Å². The van der Waals surface area contributed by atoms with Crippen molar-refractivity contribution in [1.82, 2.24) is 16.0 Å². The van der Waals surface area contributed by atoms with Crippen molar-refractivity contribution in [2.75, 3.05) is 6.61 Å². The van der Waals surface area contributed by atoms with E-state index in [1.807, 2.05) is 0 Å². The largest absolute Gasteiger partial charge is 0.478 e. The summed E-state index contributed by atoms with van der Waals surface area (Å²) in [7, 11) is 0. The number of guanidine groups is 1. The molecule has 40 heavy (non-hydrogen) atoms. The maximum Gasteiger partial charge on any atom is 0.414 e. The Morgan fingerprint density at radius 1 is 1.05 bits per heavy atom. The van der Waals surface area contributed by atoms with E-state index in [0.29, 0.717) is 0 Å². The van der Waals surface area contributed by atoms with E-state index < -0.39 is 83.2 Å². The smallest absolute Gasteiger partial charge is 0.414 e. The van der Waals surface area contributed by atoms with Crippen LogP contribution in [0.4, 0.5) is 9.59 Å². The maximum absolute atomic E-state index is 12.5. The van der Waals surface area contributed by atoms with Crippen LogP contribution in [0.3, 0.4) is 0 Å². The van der Waals surface area contributed by atoms with Gasteiger partial charge in [-0.3, -0.25) is 15.4 Å². The molecule has 0 radical (unpaired) electrons. The molecule has 0 aromatic carbocycles. The average Bonchev–Trinajstić information content (AvgIpc) is 3.10. The van der Waals surface area contributed by atoms with E-state index in [4.69, 9.17) is 23.7 Å². The summed E-state index contributed by atoms with van der Waals surface area (Å²) in [4.78, 5) is 53.5. The molecule has 0 bridgehead atoms. The molecule has 15 nitrogen and oxygen atoms in total. The summed E-state index contributed by atoms with van der Waals surface area (Å²) in [5.74, 6) is -4.12. The molecule has 2 aliphatic heterocycles. The first-order valence-electron chi connectivity index (χ1n) is 12.6. The summed E-state index contributed by atoms with van der Waals surface area (Å²) in [6.07, 6.45) is -4.71. The zero-order valence-corrected chi connectivity index (χ0v) is 24.2. The van der Waals surface area contributed by atoms with Gasteiger partial charge in [-0.15, -0.1) is 0 Å². The fourth-order valence-corrected chi connectivity index (χ4v) is 3.78. The quantitative estimate of drug-likeness (QED) is 0.233. The lowest BCUT2D eigenvalue weighted by Crippen LogP contribution is -2.60. The Morgan fingerprint density at radius 2 is 1.57 bits per heavy atom. The Labute approximate surface area is 232 Å². The first-order chi connectivity index (χ1) is 18.2. The standard InChI is InChI=1S/C25H40N4O11/c1-12(30)26-16-13(10-14(19(32)33)37-18(16)17(31)15-11-36-25(8,9)38-15)27-20(28-21(34)39-23(2,3)4)29-22(35)40-24(5,6)7/h10,13,15-18,31H,11H2,1-9H3,(H,26,30)(H,32,33)(H2,27,28,29,34,35). The summed E-state index contributed by atoms with van der Waals surface area (Å²) >= 11 is 0. The Kier molecular flexibility index (Phi) is 10.2. The van der Waals surface area contributed by atoms with Crippen molar-refractivity contribution in [3.8, 4) is 0 Å². The van der Waals surface area contributed by atoms with Crippen LogP contribution in [-0.4, -0.2) is 94.2 Å². The number of carbonyl (C=O) groups is 4. The van der Waals surface area contributed by atoms with Gasteiger partial charge < -0.3 is 39.2 Å². The lowest BCUT2D eigenvalue weighted by Gasteiger charge is -2.39. The van der Waals surface area contributed by atoms with Gasteiger partial charge in [0.1, 0.15) is 29.5 Å². The lowest BCUT2D eigenvalue weighted by molar-refractivity contribution is -0.168. The van der Waals surface area contributed by atoms with Crippen LogP contribution in [0.25, 0.3) is 0 Å². The summed E-state index contributed by atoms with van der Waals surface area (Å²) < 4.78 is 27.3. The SMILES string of the molecule is CC(=O)NC1C(N=C(NC(=O)OC(C)(C)C)NC(=O)OC(C)(C)C)C=C(C(=O)O)OC1C(O)C1COC(C)(C)O1. The molecule has 0 spiro atoms. The van der Waals surface area contributed by atoms with Crippen molar-refractivity contribution < 1.29 is 53.1 Å². The zero-order chi connectivity index (χ0) is 30.6. The number of nitrogens with one attached hydrogen (secondary N) is 3. The monoisotopic (exact) mass is 572 g/mol. The number of ether oxygens (including phenoxy) is 5. The molecule has 1 saturated heterocycles. The summed E-state index contributed by atoms with van der Waals surface area (Å²) in [5, 5.41) is 28.1. The second kappa shape index (κ2) is 12.4. The van der Waals surface area contributed by atoms with Gasteiger partial charge in [-0.2, -0.15) is 0 Å². The van der Waals surface area contributed by atoms with Crippen LogP contribution in [0.5, 0.6) is 0 Å². The number of amides is 3. The summed E-state index contributed by atoms with van der Waals surface area (Å²) in [5.41, 5.74) is -1.80. The van der Waals surface area contributed by atoms with Crippen LogP contribution >= 0.6 is 0 Å². The highest BCUT2D eigenvalue weighted by molar-refractivity contribution is 6.01.